The number of benzene rings is 3. The van der Waals surface area contributed by atoms with Crippen molar-refractivity contribution in [2.75, 3.05) is 14.1 Å². The molecule has 0 unspecified atom stereocenters. The highest BCUT2D eigenvalue weighted by molar-refractivity contribution is 7.98. The summed E-state index contributed by atoms with van der Waals surface area (Å²) in [7, 11) is 3.48. The fraction of sp³-hybridized carbons (Fsp3) is 0.185. The highest BCUT2D eigenvalue weighted by Gasteiger charge is 2.20. The lowest BCUT2D eigenvalue weighted by Crippen LogP contribution is -2.23. The molecule has 3 aromatic carbocycles. The minimum absolute atomic E-state index is 0.0245. The average molecular weight is 484 g/mol. The van der Waals surface area contributed by atoms with Crippen molar-refractivity contribution >= 4 is 34.3 Å². The van der Waals surface area contributed by atoms with E-state index in [1.54, 1.807) is 35.3 Å². The Bertz CT molecular complexity index is 1610. The molecule has 0 radical (unpaired) electrons. The monoisotopic (exact) mass is 483 g/mol. The van der Waals surface area contributed by atoms with Crippen LogP contribution >= 0.6 is 11.8 Å². The summed E-state index contributed by atoms with van der Waals surface area (Å²) < 4.78 is 3.63. The number of nitrogens with zero attached hydrogens (tertiary/aromatic N) is 5. The number of carbonyl (C=O) groups excluding carboxylic acids is 1. The van der Waals surface area contributed by atoms with Crippen LogP contribution in [0.1, 0.15) is 27.0 Å². The van der Waals surface area contributed by atoms with Gasteiger partial charge in [-0.1, -0.05) is 54.2 Å². The SMILES string of the molecule is Cc1cccc(C)c1-n1c(=O)c2ccccc2n2c(SCc3ccc(C(=O)N(C)C)cc3)nnc12. The van der Waals surface area contributed by atoms with E-state index in [0.717, 1.165) is 27.9 Å². The average Bonchev–Trinajstić information content (AvgIpc) is 3.28. The van der Waals surface area contributed by atoms with Crippen molar-refractivity contribution in [2.45, 2.75) is 24.8 Å². The van der Waals surface area contributed by atoms with Gasteiger partial charge in [0.25, 0.3) is 11.5 Å². The van der Waals surface area contributed by atoms with E-state index in [9.17, 15) is 9.59 Å². The molecule has 0 aliphatic rings. The second kappa shape index (κ2) is 9.03. The highest BCUT2D eigenvalue weighted by atomic mass is 32.2. The highest BCUT2D eigenvalue weighted by Crippen LogP contribution is 2.27. The molecule has 1 amide bonds. The van der Waals surface area contributed by atoms with Crippen molar-refractivity contribution < 1.29 is 4.79 Å². The summed E-state index contributed by atoms with van der Waals surface area (Å²) in [5, 5.41) is 10.2. The number of hydrogen-bond acceptors (Lipinski definition) is 5. The molecule has 0 saturated heterocycles. The van der Waals surface area contributed by atoms with Crippen LogP contribution in [0.4, 0.5) is 0 Å². The first-order valence-electron chi connectivity index (χ1n) is 11.3. The van der Waals surface area contributed by atoms with Gasteiger partial charge in [0.2, 0.25) is 5.78 Å². The Balaban J connectivity index is 1.60. The first kappa shape index (κ1) is 22.9. The van der Waals surface area contributed by atoms with Crippen LogP contribution in [0, 0.1) is 13.8 Å². The smallest absolute Gasteiger partial charge is 0.267 e. The molecule has 0 bridgehead atoms. The molecular formula is C27H25N5O2S. The van der Waals surface area contributed by atoms with Gasteiger partial charge in [0.05, 0.1) is 16.6 Å². The molecule has 0 spiro atoms. The summed E-state index contributed by atoms with van der Waals surface area (Å²) in [6.45, 7) is 3.99. The van der Waals surface area contributed by atoms with Gasteiger partial charge in [-0.25, -0.2) is 4.57 Å². The molecule has 8 heteroatoms. The van der Waals surface area contributed by atoms with Crippen molar-refractivity contribution in [3.8, 4) is 5.69 Å². The third-order valence-corrected chi connectivity index (χ3v) is 7.03. The Morgan fingerprint density at radius 2 is 1.60 bits per heavy atom. The molecule has 2 aromatic heterocycles. The van der Waals surface area contributed by atoms with E-state index in [0.29, 0.717) is 27.6 Å². The van der Waals surface area contributed by atoms with E-state index in [2.05, 4.69) is 10.2 Å². The van der Waals surface area contributed by atoms with Gasteiger partial charge in [0, 0.05) is 25.4 Å². The van der Waals surface area contributed by atoms with Crippen molar-refractivity contribution in [2.24, 2.45) is 0 Å². The van der Waals surface area contributed by atoms with Crippen LogP contribution in [0.15, 0.2) is 76.7 Å². The third-order valence-electron chi connectivity index (χ3n) is 6.03. The number of rotatable bonds is 5. The van der Waals surface area contributed by atoms with E-state index in [1.807, 2.05) is 85.0 Å². The zero-order valence-electron chi connectivity index (χ0n) is 20.0. The largest absolute Gasteiger partial charge is 0.345 e. The Morgan fingerprint density at radius 3 is 2.29 bits per heavy atom. The maximum atomic E-state index is 13.6. The maximum absolute atomic E-state index is 13.6. The van der Waals surface area contributed by atoms with E-state index in [-0.39, 0.29) is 11.5 Å². The number of carbonyl (C=O) groups is 1. The normalized spacial score (nSPS) is 11.3. The molecule has 0 atom stereocenters. The van der Waals surface area contributed by atoms with Gasteiger partial charge in [-0.3, -0.25) is 14.0 Å². The lowest BCUT2D eigenvalue weighted by atomic mass is 10.1. The quantitative estimate of drug-likeness (QED) is 0.341. The van der Waals surface area contributed by atoms with E-state index in [1.165, 1.54) is 0 Å². The van der Waals surface area contributed by atoms with E-state index in [4.69, 9.17) is 0 Å². The van der Waals surface area contributed by atoms with Crippen molar-refractivity contribution in [3.63, 3.8) is 0 Å². The van der Waals surface area contributed by atoms with Gasteiger partial charge in [-0.05, 0) is 54.8 Å². The van der Waals surface area contributed by atoms with E-state index >= 15 is 0 Å². The third kappa shape index (κ3) is 4.00. The minimum Gasteiger partial charge on any atom is -0.345 e. The Kier molecular flexibility index (Phi) is 5.90. The lowest BCUT2D eigenvalue weighted by Gasteiger charge is -2.15. The number of aromatic nitrogens is 4. The fourth-order valence-corrected chi connectivity index (χ4v) is 5.18. The van der Waals surface area contributed by atoms with Gasteiger partial charge in [-0.15, -0.1) is 10.2 Å². The number of para-hydroxylation sites is 2. The van der Waals surface area contributed by atoms with Crippen LogP contribution in [-0.4, -0.2) is 44.1 Å². The fourth-order valence-electron chi connectivity index (χ4n) is 4.28. The van der Waals surface area contributed by atoms with Crippen molar-refractivity contribution in [1.29, 1.82) is 0 Å². The molecule has 35 heavy (non-hydrogen) atoms. The van der Waals surface area contributed by atoms with Crippen molar-refractivity contribution in [1.82, 2.24) is 24.1 Å². The summed E-state index contributed by atoms with van der Waals surface area (Å²) in [6, 6.07) is 21.1. The van der Waals surface area contributed by atoms with Crippen LogP contribution in [0.3, 0.4) is 0 Å². The van der Waals surface area contributed by atoms with E-state index < -0.39 is 0 Å². The van der Waals surface area contributed by atoms with Crippen LogP contribution in [0.25, 0.3) is 22.4 Å². The van der Waals surface area contributed by atoms with Crippen LogP contribution in [-0.2, 0) is 5.75 Å². The standard InChI is InChI=1S/C27H25N5O2S/c1-17-8-7-9-18(2)23(17)32-25(34)21-10-5-6-11-22(21)31-26(32)28-29-27(31)35-16-19-12-14-20(15-13-19)24(33)30(3)4/h5-15H,16H2,1-4H3. The summed E-state index contributed by atoms with van der Waals surface area (Å²) in [5.41, 5.74) is 5.20. The topological polar surface area (TPSA) is 72.5 Å². The number of thioether (sulfide) groups is 1. The maximum Gasteiger partial charge on any atom is 0.267 e. The van der Waals surface area contributed by atoms with Crippen LogP contribution in [0.2, 0.25) is 0 Å². The second-order valence-corrected chi connectivity index (χ2v) is 9.64. The Morgan fingerprint density at radius 1 is 0.914 bits per heavy atom. The summed E-state index contributed by atoms with van der Waals surface area (Å²) >= 11 is 1.54. The summed E-state index contributed by atoms with van der Waals surface area (Å²) in [5.74, 6) is 1.11. The van der Waals surface area contributed by atoms with Gasteiger partial charge in [-0.2, -0.15) is 0 Å². The molecule has 5 rings (SSSR count). The molecule has 0 aliphatic carbocycles. The summed E-state index contributed by atoms with van der Waals surface area (Å²) in [4.78, 5) is 27.3. The van der Waals surface area contributed by atoms with Gasteiger partial charge in [0.1, 0.15) is 0 Å². The minimum atomic E-state index is -0.115. The molecule has 0 aliphatic heterocycles. The van der Waals surface area contributed by atoms with Crippen LogP contribution in [0.5, 0.6) is 0 Å². The molecule has 2 heterocycles. The zero-order valence-corrected chi connectivity index (χ0v) is 20.8. The van der Waals surface area contributed by atoms with Crippen LogP contribution < -0.4 is 5.56 Å². The lowest BCUT2D eigenvalue weighted by molar-refractivity contribution is 0.0827. The van der Waals surface area contributed by atoms with Crippen molar-refractivity contribution in [3.05, 3.63) is 99.3 Å². The number of hydrogen-bond donors (Lipinski definition) is 0. The zero-order chi connectivity index (χ0) is 24.7. The predicted molar refractivity (Wildman–Crippen MR) is 140 cm³/mol. The molecule has 0 saturated carbocycles. The van der Waals surface area contributed by atoms with Gasteiger partial charge < -0.3 is 4.90 Å². The van der Waals surface area contributed by atoms with Gasteiger partial charge in [0.15, 0.2) is 5.16 Å². The molecule has 5 aromatic rings. The van der Waals surface area contributed by atoms with Gasteiger partial charge >= 0.3 is 0 Å². The molecule has 176 valence electrons. The number of amides is 1. The Hall–Kier alpha value is -3.91. The predicted octanol–water partition coefficient (Wildman–Crippen LogP) is 4.64. The molecule has 7 nitrogen and oxygen atoms in total. The first-order chi connectivity index (χ1) is 16.9. The number of fused-ring (bicyclic) bond motifs is 3. The first-order valence-corrected chi connectivity index (χ1v) is 12.2. The molecule has 0 fully saturated rings. The Labute approximate surface area is 207 Å². The second-order valence-electron chi connectivity index (χ2n) is 8.70. The molecule has 0 N–H and O–H groups in total. The molecular weight excluding hydrogens is 458 g/mol. The number of aryl methyl sites for hydroxylation is 2. The summed E-state index contributed by atoms with van der Waals surface area (Å²) in [6.07, 6.45) is 0.